The fourth-order valence-corrected chi connectivity index (χ4v) is 6.95. The number of anilines is 1. The monoisotopic (exact) mass is 541 g/mol. The summed E-state index contributed by atoms with van der Waals surface area (Å²) in [5.41, 5.74) is 2.38. The number of hydrogen-bond acceptors (Lipinski definition) is 6. The van der Waals surface area contributed by atoms with Gasteiger partial charge in [0.25, 0.3) is 5.91 Å². The lowest BCUT2D eigenvalue weighted by atomic mass is 10.0. The zero-order valence-corrected chi connectivity index (χ0v) is 22.6. The van der Waals surface area contributed by atoms with Crippen LogP contribution >= 0.6 is 0 Å². The van der Waals surface area contributed by atoms with Gasteiger partial charge in [0, 0.05) is 50.4 Å². The van der Waals surface area contributed by atoms with Crippen molar-refractivity contribution < 1.29 is 13.2 Å². The Labute approximate surface area is 228 Å². The molecular formula is C30H31N5O3S. The Morgan fingerprint density at radius 3 is 2.13 bits per heavy atom. The van der Waals surface area contributed by atoms with Gasteiger partial charge in [-0.3, -0.25) is 4.79 Å². The lowest BCUT2D eigenvalue weighted by molar-refractivity contribution is 0.0746. The Hall–Kier alpha value is -3.82. The number of piperidine rings is 1. The maximum absolute atomic E-state index is 13.1. The van der Waals surface area contributed by atoms with Crippen LogP contribution in [0.25, 0.3) is 22.0 Å². The van der Waals surface area contributed by atoms with E-state index in [0.29, 0.717) is 44.8 Å². The molecule has 200 valence electrons. The number of carbonyl (C=O) groups is 1. The summed E-state index contributed by atoms with van der Waals surface area (Å²) in [4.78, 5) is 17.3. The quantitative estimate of drug-likeness (QED) is 0.372. The van der Waals surface area contributed by atoms with Crippen LogP contribution in [-0.4, -0.2) is 73.0 Å². The minimum absolute atomic E-state index is 0.0889. The Morgan fingerprint density at radius 1 is 0.692 bits per heavy atom. The van der Waals surface area contributed by atoms with Gasteiger partial charge in [-0.25, -0.2) is 8.42 Å². The number of sulfonamides is 1. The lowest BCUT2D eigenvalue weighted by Crippen LogP contribution is -2.49. The van der Waals surface area contributed by atoms with Gasteiger partial charge in [0.05, 0.1) is 10.6 Å². The van der Waals surface area contributed by atoms with E-state index in [1.165, 1.54) is 5.39 Å². The Balaban J connectivity index is 1.09. The molecule has 8 nitrogen and oxygen atoms in total. The molecule has 6 rings (SSSR count). The van der Waals surface area contributed by atoms with Crippen LogP contribution in [0.5, 0.6) is 0 Å². The van der Waals surface area contributed by atoms with Crippen LogP contribution in [-0.2, 0) is 10.0 Å². The first-order chi connectivity index (χ1) is 19.0. The van der Waals surface area contributed by atoms with E-state index in [2.05, 4.69) is 39.4 Å². The summed E-state index contributed by atoms with van der Waals surface area (Å²) in [5, 5.41) is 11.3. The molecule has 0 unspecified atom stereocenters. The predicted molar refractivity (Wildman–Crippen MR) is 152 cm³/mol. The van der Waals surface area contributed by atoms with Crippen molar-refractivity contribution in [2.45, 2.75) is 24.2 Å². The topological polar surface area (TPSA) is 86.7 Å². The first kappa shape index (κ1) is 25.5. The molecule has 2 fully saturated rings. The van der Waals surface area contributed by atoms with E-state index >= 15 is 0 Å². The van der Waals surface area contributed by atoms with E-state index in [1.807, 2.05) is 35.2 Å². The average Bonchev–Trinajstić information content (AvgIpc) is 3.01. The zero-order chi connectivity index (χ0) is 26.8. The van der Waals surface area contributed by atoms with Gasteiger partial charge >= 0.3 is 0 Å². The Morgan fingerprint density at radius 2 is 1.41 bits per heavy atom. The largest absolute Gasteiger partial charge is 0.352 e. The summed E-state index contributed by atoms with van der Waals surface area (Å²) >= 11 is 0. The van der Waals surface area contributed by atoms with E-state index in [-0.39, 0.29) is 10.8 Å². The van der Waals surface area contributed by atoms with Crippen LogP contribution in [0.15, 0.2) is 83.8 Å². The molecule has 2 saturated heterocycles. The van der Waals surface area contributed by atoms with Crippen LogP contribution in [0.1, 0.15) is 29.6 Å². The molecule has 0 atom stereocenters. The Bertz CT molecular complexity index is 1570. The second kappa shape index (κ2) is 10.7. The number of hydrogen-bond donors (Lipinski definition) is 0. The molecule has 1 amide bonds. The summed E-state index contributed by atoms with van der Waals surface area (Å²) in [7, 11) is -3.51. The molecule has 2 aliphatic heterocycles. The number of piperazine rings is 1. The van der Waals surface area contributed by atoms with Crippen molar-refractivity contribution in [1.29, 1.82) is 0 Å². The molecular weight excluding hydrogens is 510 g/mol. The highest BCUT2D eigenvalue weighted by Gasteiger charge is 2.27. The molecule has 1 aromatic heterocycles. The van der Waals surface area contributed by atoms with Gasteiger partial charge in [0.15, 0.2) is 5.82 Å². The van der Waals surface area contributed by atoms with Crippen molar-refractivity contribution in [1.82, 2.24) is 19.4 Å². The minimum atomic E-state index is -3.51. The van der Waals surface area contributed by atoms with Crippen molar-refractivity contribution in [2.75, 3.05) is 44.2 Å². The third-order valence-electron chi connectivity index (χ3n) is 7.66. The number of nitrogens with zero attached hydrogens (tertiary/aromatic N) is 5. The van der Waals surface area contributed by atoms with Gasteiger partial charge in [0.1, 0.15) is 0 Å². The van der Waals surface area contributed by atoms with E-state index in [4.69, 9.17) is 0 Å². The summed E-state index contributed by atoms with van der Waals surface area (Å²) in [5.74, 6) is 0.701. The van der Waals surface area contributed by atoms with Crippen LogP contribution < -0.4 is 4.90 Å². The van der Waals surface area contributed by atoms with E-state index < -0.39 is 10.0 Å². The molecule has 0 N–H and O–H groups in total. The fraction of sp³-hybridized carbons (Fsp3) is 0.300. The van der Waals surface area contributed by atoms with Crippen LogP contribution in [0.4, 0.5) is 5.82 Å². The fourth-order valence-electron chi connectivity index (χ4n) is 5.43. The van der Waals surface area contributed by atoms with Gasteiger partial charge in [0.2, 0.25) is 10.0 Å². The second-order valence-corrected chi connectivity index (χ2v) is 12.0. The second-order valence-electron chi connectivity index (χ2n) is 10.1. The summed E-state index contributed by atoms with van der Waals surface area (Å²) < 4.78 is 27.4. The van der Waals surface area contributed by atoms with Crippen LogP contribution in [0.2, 0.25) is 0 Å². The van der Waals surface area contributed by atoms with Crippen LogP contribution in [0, 0.1) is 0 Å². The highest BCUT2D eigenvalue weighted by molar-refractivity contribution is 7.89. The first-order valence-corrected chi connectivity index (χ1v) is 14.9. The maximum atomic E-state index is 13.1. The molecule has 9 heteroatoms. The zero-order valence-electron chi connectivity index (χ0n) is 21.7. The SMILES string of the molecule is O=C(c1ccc(S(=O)(=O)N2CCCCC2)cc1)N1CCN(c2ccc(-c3cccc4ccccc34)nn2)CC1. The molecule has 3 aromatic carbocycles. The van der Waals surface area contributed by atoms with E-state index in [0.717, 1.165) is 41.7 Å². The predicted octanol–water partition coefficient (Wildman–Crippen LogP) is 4.43. The number of benzene rings is 3. The van der Waals surface area contributed by atoms with Crippen molar-refractivity contribution >= 4 is 32.5 Å². The normalized spacial score (nSPS) is 16.9. The Kier molecular flexibility index (Phi) is 7.01. The molecule has 0 spiro atoms. The number of rotatable bonds is 5. The molecule has 3 heterocycles. The molecule has 0 saturated carbocycles. The molecule has 39 heavy (non-hydrogen) atoms. The highest BCUT2D eigenvalue weighted by Crippen LogP contribution is 2.28. The number of amides is 1. The van der Waals surface area contributed by atoms with Crippen molar-refractivity contribution in [2.24, 2.45) is 0 Å². The summed E-state index contributed by atoms with van der Waals surface area (Å²) in [6.07, 6.45) is 2.85. The molecule has 0 bridgehead atoms. The standard InChI is InChI=1S/C30H31N5O3S/c36-30(24-11-13-25(14-12-24)39(37,38)35-17-4-1-5-18-35)34-21-19-33(20-22-34)29-16-15-28(31-32-29)27-10-6-8-23-7-2-3-9-26(23)27/h2-3,6-16H,1,4-5,17-22H2. The van der Waals surface area contributed by atoms with Crippen molar-refractivity contribution in [3.8, 4) is 11.3 Å². The smallest absolute Gasteiger partial charge is 0.253 e. The van der Waals surface area contributed by atoms with E-state index in [1.54, 1.807) is 28.6 Å². The van der Waals surface area contributed by atoms with Gasteiger partial charge in [-0.15, -0.1) is 10.2 Å². The van der Waals surface area contributed by atoms with Crippen LogP contribution in [0.3, 0.4) is 0 Å². The maximum Gasteiger partial charge on any atom is 0.253 e. The van der Waals surface area contributed by atoms with E-state index in [9.17, 15) is 13.2 Å². The number of fused-ring (bicyclic) bond motifs is 1. The molecule has 4 aromatic rings. The summed E-state index contributed by atoms with van der Waals surface area (Å²) in [6, 6.07) is 24.8. The average molecular weight is 542 g/mol. The van der Waals surface area contributed by atoms with Gasteiger partial charge in [-0.1, -0.05) is 48.9 Å². The third kappa shape index (κ3) is 5.12. The minimum Gasteiger partial charge on any atom is -0.352 e. The molecule has 0 aliphatic carbocycles. The molecule has 0 radical (unpaired) electrons. The molecule has 2 aliphatic rings. The lowest BCUT2D eigenvalue weighted by Gasteiger charge is -2.35. The highest BCUT2D eigenvalue weighted by atomic mass is 32.2. The first-order valence-electron chi connectivity index (χ1n) is 13.5. The van der Waals surface area contributed by atoms with Gasteiger partial charge < -0.3 is 9.80 Å². The van der Waals surface area contributed by atoms with Gasteiger partial charge in [-0.2, -0.15) is 4.31 Å². The van der Waals surface area contributed by atoms with Crippen molar-refractivity contribution in [3.63, 3.8) is 0 Å². The van der Waals surface area contributed by atoms with Crippen molar-refractivity contribution in [3.05, 3.63) is 84.4 Å². The third-order valence-corrected chi connectivity index (χ3v) is 9.57. The summed E-state index contributed by atoms with van der Waals surface area (Å²) in [6.45, 7) is 3.52. The number of aromatic nitrogens is 2. The number of carbonyl (C=O) groups excluding carboxylic acids is 1. The van der Waals surface area contributed by atoms with Gasteiger partial charge in [-0.05, 0) is 60.0 Å².